The topological polar surface area (TPSA) is 59.1 Å². The monoisotopic (exact) mass is 292 g/mol. The minimum atomic E-state index is -3.12. The minimum absolute atomic E-state index is 0.233. The largest absolute Gasteiger partial charge is 0.309 e. The van der Waals surface area contributed by atoms with Crippen molar-refractivity contribution in [1.29, 1.82) is 0 Å². The van der Waals surface area contributed by atoms with Crippen molar-refractivity contribution >= 4 is 20.6 Å². The van der Waals surface area contributed by atoms with Gasteiger partial charge in [-0.25, -0.2) is 8.42 Å². The van der Waals surface area contributed by atoms with Gasteiger partial charge < -0.3 is 5.32 Å². The zero-order valence-electron chi connectivity index (χ0n) is 12.0. The Morgan fingerprint density at radius 3 is 2.70 bits per heavy atom. The van der Waals surface area contributed by atoms with Crippen molar-refractivity contribution in [3.05, 3.63) is 42.2 Å². The Hall–Kier alpha value is -1.46. The van der Waals surface area contributed by atoms with Gasteiger partial charge >= 0.3 is 0 Å². The zero-order chi connectivity index (χ0) is 14.8. The Bertz CT molecular complexity index is 693. The molecule has 2 atom stereocenters. The lowest BCUT2D eigenvalue weighted by atomic mass is 9.98. The number of aromatic nitrogens is 1. The summed E-state index contributed by atoms with van der Waals surface area (Å²) in [5, 5.41) is 4.87. The first kappa shape index (κ1) is 14.9. The summed E-state index contributed by atoms with van der Waals surface area (Å²) in [5.41, 5.74) is 0.982. The van der Waals surface area contributed by atoms with Gasteiger partial charge in [0, 0.05) is 30.1 Å². The number of nitrogens with one attached hydrogen (secondary N) is 1. The van der Waals surface area contributed by atoms with Crippen molar-refractivity contribution in [2.75, 3.05) is 12.8 Å². The van der Waals surface area contributed by atoms with E-state index >= 15 is 0 Å². The summed E-state index contributed by atoms with van der Waals surface area (Å²) in [6.45, 7) is 4.43. The number of nitrogens with zero attached hydrogens (tertiary/aromatic N) is 1. The molecule has 0 aliphatic rings. The van der Waals surface area contributed by atoms with Crippen molar-refractivity contribution in [3.8, 4) is 0 Å². The molecular weight excluding hydrogens is 272 g/mol. The third-order valence-corrected chi connectivity index (χ3v) is 5.24. The second-order valence-corrected chi connectivity index (χ2v) is 7.42. The summed E-state index contributed by atoms with van der Waals surface area (Å²) < 4.78 is 23.8. The highest BCUT2D eigenvalue weighted by molar-refractivity contribution is 7.91. The lowest BCUT2D eigenvalue weighted by Crippen LogP contribution is -2.35. The highest BCUT2D eigenvalue weighted by Crippen LogP contribution is 2.28. The highest BCUT2D eigenvalue weighted by Gasteiger charge is 2.27. The quantitative estimate of drug-likeness (QED) is 0.919. The van der Waals surface area contributed by atoms with Gasteiger partial charge in [0.1, 0.15) is 0 Å². The van der Waals surface area contributed by atoms with E-state index in [1.54, 1.807) is 19.3 Å². The second-order valence-electron chi connectivity index (χ2n) is 5.01. The molecule has 2 aromatic rings. The van der Waals surface area contributed by atoms with Crippen LogP contribution >= 0.6 is 0 Å². The van der Waals surface area contributed by atoms with E-state index in [-0.39, 0.29) is 6.04 Å². The first-order valence-electron chi connectivity index (χ1n) is 6.70. The summed E-state index contributed by atoms with van der Waals surface area (Å²) in [7, 11) is -3.12. The van der Waals surface area contributed by atoms with E-state index in [0.717, 1.165) is 16.3 Å². The average Bonchev–Trinajstić information content (AvgIpc) is 2.42. The standard InChI is InChI=1S/C15H20N2O2S/c1-4-17-15(11(2)20(3,18)19)13-7-5-6-12-8-9-16-10-14(12)13/h5-11,15,17H,4H2,1-3H3. The molecule has 0 amide bonds. The van der Waals surface area contributed by atoms with Gasteiger partial charge in [-0.2, -0.15) is 0 Å². The van der Waals surface area contributed by atoms with E-state index in [4.69, 9.17) is 0 Å². The van der Waals surface area contributed by atoms with E-state index in [9.17, 15) is 8.42 Å². The van der Waals surface area contributed by atoms with Crippen LogP contribution < -0.4 is 5.32 Å². The zero-order valence-corrected chi connectivity index (χ0v) is 12.8. The molecule has 1 aromatic carbocycles. The Morgan fingerprint density at radius 1 is 1.30 bits per heavy atom. The van der Waals surface area contributed by atoms with Crippen LogP contribution in [-0.2, 0) is 9.84 Å². The molecule has 108 valence electrons. The first-order chi connectivity index (χ1) is 9.45. The fraction of sp³-hybridized carbons (Fsp3) is 0.400. The molecule has 0 aliphatic carbocycles. The normalized spacial score (nSPS) is 15.2. The molecule has 0 spiro atoms. The van der Waals surface area contributed by atoms with E-state index in [1.165, 1.54) is 6.26 Å². The summed E-state index contributed by atoms with van der Waals surface area (Å²) in [5.74, 6) is 0. The van der Waals surface area contributed by atoms with Crippen LogP contribution in [0, 0.1) is 0 Å². The molecule has 0 saturated heterocycles. The van der Waals surface area contributed by atoms with Crippen molar-refractivity contribution in [1.82, 2.24) is 10.3 Å². The lowest BCUT2D eigenvalue weighted by Gasteiger charge is -2.25. The van der Waals surface area contributed by atoms with Crippen LogP contribution in [0.3, 0.4) is 0 Å². The Labute approximate surface area is 120 Å². The van der Waals surface area contributed by atoms with E-state index in [1.807, 2.05) is 31.2 Å². The molecule has 0 radical (unpaired) electrons. The van der Waals surface area contributed by atoms with Crippen molar-refractivity contribution in [2.45, 2.75) is 25.1 Å². The summed E-state index contributed by atoms with van der Waals surface area (Å²) in [6, 6.07) is 7.64. The SMILES string of the molecule is CCNC(c1cccc2ccncc12)C(C)S(C)(=O)=O. The number of sulfone groups is 1. The van der Waals surface area contributed by atoms with Crippen molar-refractivity contribution in [2.24, 2.45) is 0 Å². The maximum atomic E-state index is 11.9. The number of hydrogen-bond donors (Lipinski definition) is 1. The average molecular weight is 292 g/mol. The smallest absolute Gasteiger partial charge is 0.151 e. The van der Waals surface area contributed by atoms with Gasteiger partial charge in [-0.3, -0.25) is 4.98 Å². The molecule has 0 aliphatic heterocycles. The van der Waals surface area contributed by atoms with Gasteiger partial charge in [0.2, 0.25) is 0 Å². The first-order valence-corrected chi connectivity index (χ1v) is 8.65. The van der Waals surface area contributed by atoms with E-state index in [0.29, 0.717) is 6.54 Å². The predicted octanol–water partition coefficient (Wildman–Crippen LogP) is 2.32. The number of pyridine rings is 1. The van der Waals surface area contributed by atoms with Gasteiger partial charge in [-0.05, 0) is 30.5 Å². The third-order valence-electron chi connectivity index (χ3n) is 3.62. The molecule has 0 fully saturated rings. The molecule has 5 heteroatoms. The van der Waals surface area contributed by atoms with Crippen molar-refractivity contribution < 1.29 is 8.42 Å². The predicted molar refractivity (Wildman–Crippen MR) is 82.5 cm³/mol. The molecule has 20 heavy (non-hydrogen) atoms. The lowest BCUT2D eigenvalue weighted by molar-refractivity contribution is 0.515. The highest BCUT2D eigenvalue weighted by atomic mass is 32.2. The maximum absolute atomic E-state index is 11.9. The second kappa shape index (κ2) is 5.89. The molecule has 0 saturated carbocycles. The molecule has 1 aromatic heterocycles. The van der Waals surface area contributed by atoms with Crippen LogP contribution in [0.1, 0.15) is 25.5 Å². The molecule has 1 N–H and O–H groups in total. The van der Waals surface area contributed by atoms with Crippen LogP contribution in [0.15, 0.2) is 36.7 Å². The van der Waals surface area contributed by atoms with E-state index in [2.05, 4.69) is 10.3 Å². The number of hydrogen-bond acceptors (Lipinski definition) is 4. The van der Waals surface area contributed by atoms with Crippen LogP contribution in [0.25, 0.3) is 10.8 Å². The van der Waals surface area contributed by atoms with Gasteiger partial charge in [0.25, 0.3) is 0 Å². The Morgan fingerprint density at radius 2 is 2.05 bits per heavy atom. The fourth-order valence-corrected chi connectivity index (χ4v) is 3.14. The molecule has 2 unspecified atom stereocenters. The number of rotatable bonds is 5. The van der Waals surface area contributed by atoms with Crippen molar-refractivity contribution in [3.63, 3.8) is 0 Å². The minimum Gasteiger partial charge on any atom is -0.309 e. The van der Waals surface area contributed by atoms with Crippen LogP contribution in [0.2, 0.25) is 0 Å². The molecule has 1 heterocycles. The fourth-order valence-electron chi connectivity index (χ4n) is 2.40. The van der Waals surface area contributed by atoms with Crippen LogP contribution in [-0.4, -0.2) is 31.5 Å². The maximum Gasteiger partial charge on any atom is 0.151 e. The Kier molecular flexibility index (Phi) is 4.40. The number of benzene rings is 1. The summed E-state index contributed by atoms with van der Waals surface area (Å²) in [6.07, 6.45) is 4.82. The third kappa shape index (κ3) is 2.99. The van der Waals surface area contributed by atoms with Crippen LogP contribution in [0.4, 0.5) is 0 Å². The summed E-state index contributed by atoms with van der Waals surface area (Å²) in [4.78, 5) is 4.16. The van der Waals surface area contributed by atoms with E-state index < -0.39 is 15.1 Å². The number of fused-ring (bicyclic) bond motifs is 1. The molecule has 2 rings (SSSR count). The van der Waals surface area contributed by atoms with Crippen LogP contribution in [0.5, 0.6) is 0 Å². The van der Waals surface area contributed by atoms with Gasteiger partial charge in [0.15, 0.2) is 9.84 Å². The van der Waals surface area contributed by atoms with Gasteiger partial charge in [-0.1, -0.05) is 25.1 Å². The summed E-state index contributed by atoms with van der Waals surface area (Å²) >= 11 is 0. The Balaban J connectivity index is 2.58. The molecule has 0 bridgehead atoms. The molecule has 4 nitrogen and oxygen atoms in total. The molecular formula is C15H20N2O2S. The van der Waals surface area contributed by atoms with Gasteiger partial charge in [-0.15, -0.1) is 0 Å². The van der Waals surface area contributed by atoms with Gasteiger partial charge in [0.05, 0.1) is 5.25 Å².